The van der Waals surface area contributed by atoms with Crippen LogP contribution in [0.15, 0.2) is 35.0 Å². The summed E-state index contributed by atoms with van der Waals surface area (Å²) in [6.45, 7) is 2.38. The molecule has 5 rings (SSSR count). The zero-order chi connectivity index (χ0) is 21.9. The van der Waals surface area contributed by atoms with E-state index in [1.807, 2.05) is 18.2 Å². The number of amides is 1. The molecule has 3 aromatic rings. The summed E-state index contributed by atoms with van der Waals surface area (Å²) in [5.74, 6) is -0.0773. The van der Waals surface area contributed by atoms with Gasteiger partial charge < -0.3 is 5.73 Å². The van der Waals surface area contributed by atoms with Crippen LogP contribution < -0.4 is 16.6 Å². The molecule has 0 bridgehead atoms. The van der Waals surface area contributed by atoms with Crippen LogP contribution in [0.1, 0.15) is 53.0 Å². The molecular formula is C21H25N9O2. The Bertz CT molecular complexity index is 1140. The Balaban J connectivity index is 1.38. The highest BCUT2D eigenvalue weighted by atomic mass is 16.6. The molecule has 3 heterocycles. The van der Waals surface area contributed by atoms with Gasteiger partial charge in [-0.3, -0.25) is 20.5 Å². The second-order valence-corrected chi connectivity index (χ2v) is 8.00. The third-order valence-corrected chi connectivity index (χ3v) is 5.88. The number of aromatic nitrogens is 5. The SMILES string of the molecule is Nc1nonc1-n1nnc(C(=O)NNC2=CCCc3ccccc32)c1CN1CCCCC1. The second kappa shape index (κ2) is 8.79. The van der Waals surface area contributed by atoms with Crippen molar-refractivity contribution in [3.05, 3.63) is 52.9 Å². The summed E-state index contributed by atoms with van der Waals surface area (Å²) in [5.41, 5.74) is 15.7. The lowest BCUT2D eigenvalue weighted by atomic mass is 9.95. The first-order valence-corrected chi connectivity index (χ1v) is 10.8. The first-order valence-electron chi connectivity index (χ1n) is 10.8. The first-order chi connectivity index (χ1) is 15.7. The number of carbonyl (C=O) groups excluding carboxylic acids is 1. The Hall–Kier alpha value is -3.73. The van der Waals surface area contributed by atoms with E-state index in [9.17, 15) is 4.79 Å². The molecule has 4 N–H and O–H groups in total. The standard InChI is InChI=1S/C21H25N9O2/c22-19-20(27-32-26-19)30-17(13-29-11-4-1-5-12-29)18(24-28-30)21(31)25-23-16-10-6-8-14-7-2-3-9-15(14)16/h2-3,7,9-10,23H,1,4-6,8,11-13H2,(H2,22,26)(H,25,31). The summed E-state index contributed by atoms with van der Waals surface area (Å²) in [6.07, 6.45) is 7.41. The van der Waals surface area contributed by atoms with Crippen molar-refractivity contribution in [2.75, 3.05) is 18.8 Å². The van der Waals surface area contributed by atoms with E-state index in [4.69, 9.17) is 10.4 Å². The number of hydrazine groups is 1. The number of benzene rings is 1. The molecule has 0 unspecified atom stereocenters. The summed E-state index contributed by atoms with van der Waals surface area (Å²) < 4.78 is 6.16. The Morgan fingerprint density at radius 3 is 2.81 bits per heavy atom. The van der Waals surface area contributed by atoms with Crippen molar-refractivity contribution < 1.29 is 9.42 Å². The molecule has 11 nitrogen and oxygen atoms in total. The van der Waals surface area contributed by atoms with Gasteiger partial charge in [0.05, 0.1) is 11.4 Å². The van der Waals surface area contributed by atoms with Crippen LogP contribution in [0.25, 0.3) is 11.5 Å². The summed E-state index contributed by atoms with van der Waals surface area (Å²) >= 11 is 0. The second-order valence-electron chi connectivity index (χ2n) is 8.00. The molecule has 166 valence electrons. The van der Waals surface area contributed by atoms with E-state index in [0.29, 0.717) is 12.2 Å². The van der Waals surface area contributed by atoms with E-state index >= 15 is 0 Å². The van der Waals surface area contributed by atoms with Crippen molar-refractivity contribution in [3.8, 4) is 5.82 Å². The quantitative estimate of drug-likeness (QED) is 0.491. The molecular weight excluding hydrogens is 410 g/mol. The lowest BCUT2D eigenvalue weighted by Crippen LogP contribution is -2.38. The lowest BCUT2D eigenvalue weighted by molar-refractivity contribution is 0.0934. The average molecular weight is 435 g/mol. The van der Waals surface area contributed by atoms with E-state index < -0.39 is 0 Å². The van der Waals surface area contributed by atoms with Crippen LogP contribution in [0.3, 0.4) is 0 Å². The molecule has 1 amide bonds. The van der Waals surface area contributed by atoms with E-state index in [2.05, 4.69) is 48.5 Å². The van der Waals surface area contributed by atoms with Gasteiger partial charge in [-0.25, -0.2) is 4.63 Å². The number of nitrogens with two attached hydrogens (primary N) is 1. The fourth-order valence-corrected chi connectivity index (χ4v) is 4.24. The first kappa shape index (κ1) is 20.2. The van der Waals surface area contributed by atoms with Gasteiger partial charge >= 0.3 is 0 Å². The zero-order valence-electron chi connectivity index (χ0n) is 17.6. The number of hydrogen-bond donors (Lipinski definition) is 3. The number of carbonyl (C=O) groups is 1. The maximum Gasteiger partial charge on any atom is 0.292 e. The Labute approximate surface area is 184 Å². The number of nitrogens with one attached hydrogen (secondary N) is 2. The molecule has 1 fully saturated rings. The number of nitrogens with zero attached hydrogens (tertiary/aromatic N) is 6. The molecule has 0 saturated carbocycles. The number of allylic oxidation sites excluding steroid dienone is 1. The van der Waals surface area contributed by atoms with Gasteiger partial charge in [-0.2, -0.15) is 4.68 Å². The maximum absolute atomic E-state index is 13.1. The van der Waals surface area contributed by atoms with E-state index in [-0.39, 0.29) is 23.2 Å². The number of hydrogen-bond acceptors (Lipinski definition) is 9. The van der Waals surface area contributed by atoms with Crippen LogP contribution >= 0.6 is 0 Å². The predicted octanol–water partition coefficient (Wildman–Crippen LogP) is 1.44. The Morgan fingerprint density at radius 1 is 1.16 bits per heavy atom. The number of piperidine rings is 1. The van der Waals surface area contributed by atoms with E-state index in [1.165, 1.54) is 16.7 Å². The van der Waals surface area contributed by atoms with Crippen molar-refractivity contribution in [2.24, 2.45) is 0 Å². The minimum atomic E-state index is -0.387. The van der Waals surface area contributed by atoms with Crippen molar-refractivity contribution >= 4 is 17.4 Å². The molecule has 1 aliphatic heterocycles. The molecule has 32 heavy (non-hydrogen) atoms. The van der Waals surface area contributed by atoms with Gasteiger partial charge in [0.15, 0.2) is 5.69 Å². The number of fused-ring (bicyclic) bond motifs is 1. The number of anilines is 1. The molecule has 0 spiro atoms. The van der Waals surface area contributed by atoms with Gasteiger partial charge in [0, 0.05) is 12.1 Å². The molecule has 11 heteroatoms. The van der Waals surface area contributed by atoms with Crippen LogP contribution in [0.5, 0.6) is 0 Å². The molecule has 2 aliphatic rings. The predicted molar refractivity (Wildman–Crippen MR) is 116 cm³/mol. The lowest BCUT2D eigenvalue weighted by Gasteiger charge is -2.26. The molecule has 1 aromatic carbocycles. The topological polar surface area (TPSA) is 140 Å². The molecule has 0 radical (unpaired) electrons. The van der Waals surface area contributed by atoms with Gasteiger partial charge in [0.25, 0.3) is 5.91 Å². The van der Waals surface area contributed by atoms with Crippen molar-refractivity contribution in [2.45, 2.75) is 38.6 Å². The number of rotatable bonds is 6. The highest BCUT2D eigenvalue weighted by Crippen LogP contribution is 2.24. The van der Waals surface area contributed by atoms with Gasteiger partial charge in [-0.15, -0.1) is 5.10 Å². The third kappa shape index (κ3) is 3.94. The van der Waals surface area contributed by atoms with E-state index in [1.54, 1.807) is 0 Å². The van der Waals surface area contributed by atoms with Crippen LogP contribution in [-0.4, -0.2) is 49.2 Å². The van der Waals surface area contributed by atoms with Crippen LogP contribution in [0, 0.1) is 0 Å². The third-order valence-electron chi connectivity index (χ3n) is 5.88. The smallest absolute Gasteiger partial charge is 0.292 e. The number of likely N-dealkylation sites (tertiary alicyclic amines) is 1. The molecule has 0 atom stereocenters. The van der Waals surface area contributed by atoms with Gasteiger partial charge in [0.2, 0.25) is 11.6 Å². The van der Waals surface area contributed by atoms with Gasteiger partial charge in [-0.1, -0.05) is 42.0 Å². The average Bonchev–Trinajstić information content (AvgIpc) is 3.43. The fraction of sp³-hybridized carbons (Fsp3) is 0.381. The summed E-state index contributed by atoms with van der Waals surface area (Å²) in [6, 6.07) is 8.15. The number of aryl methyl sites for hydroxylation is 1. The summed E-state index contributed by atoms with van der Waals surface area (Å²) in [5, 5.41) is 15.7. The highest BCUT2D eigenvalue weighted by molar-refractivity contribution is 5.93. The van der Waals surface area contributed by atoms with Crippen LogP contribution in [-0.2, 0) is 13.0 Å². The van der Waals surface area contributed by atoms with Crippen LogP contribution in [0.2, 0.25) is 0 Å². The van der Waals surface area contributed by atoms with Crippen molar-refractivity contribution in [1.29, 1.82) is 0 Å². The monoisotopic (exact) mass is 435 g/mol. The minimum absolute atomic E-state index is 0.0869. The van der Waals surface area contributed by atoms with Gasteiger partial charge in [-0.05, 0) is 54.6 Å². The highest BCUT2D eigenvalue weighted by Gasteiger charge is 2.26. The van der Waals surface area contributed by atoms with E-state index in [0.717, 1.165) is 50.0 Å². The summed E-state index contributed by atoms with van der Waals surface area (Å²) in [7, 11) is 0. The zero-order valence-corrected chi connectivity index (χ0v) is 17.6. The van der Waals surface area contributed by atoms with Crippen molar-refractivity contribution in [1.82, 2.24) is 41.1 Å². The molecule has 1 saturated heterocycles. The number of nitrogen functional groups attached to an aromatic ring is 1. The van der Waals surface area contributed by atoms with Gasteiger partial charge in [0.1, 0.15) is 0 Å². The maximum atomic E-state index is 13.1. The minimum Gasteiger partial charge on any atom is -0.378 e. The Morgan fingerprint density at radius 2 is 2.00 bits per heavy atom. The van der Waals surface area contributed by atoms with Crippen LogP contribution in [0.4, 0.5) is 5.82 Å². The summed E-state index contributed by atoms with van der Waals surface area (Å²) in [4.78, 5) is 15.4. The molecule has 1 aliphatic carbocycles. The fourth-order valence-electron chi connectivity index (χ4n) is 4.24. The molecule has 2 aromatic heterocycles. The van der Waals surface area contributed by atoms with Crippen molar-refractivity contribution in [3.63, 3.8) is 0 Å². The largest absolute Gasteiger partial charge is 0.378 e. The Kier molecular flexibility index (Phi) is 5.55. The normalized spacial score (nSPS) is 16.3.